The molecule has 0 aliphatic rings. The maximum absolute atomic E-state index is 11.2. The number of nitrogens with one attached hydrogen (secondary N) is 2. The molecule has 0 atom stereocenters. The predicted octanol–water partition coefficient (Wildman–Crippen LogP) is 1.10. The Balaban J connectivity index is 3.20. The van der Waals surface area contributed by atoms with E-state index in [0.29, 0.717) is 12.5 Å². The van der Waals surface area contributed by atoms with E-state index < -0.39 is 0 Å². The van der Waals surface area contributed by atoms with Crippen LogP contribution < -0.4 is 10.6 Å². The zero-order valence-electron chi connectivity index (χ0n) is 9.43. The van der Waals surface area contributed by atoms with E-state index >= 15 is 0 Å². The molecule has 0 rings (SSSR count). The summed E-state index contributed by atoms with van der Waals surface area (Å²) in [4.78, 5) is 11.2. The highest BCUT2D eigenvalue weighted by Gasteiger charge is 1.99. The van der Waals surface area contributed by atoms with Crippen LogP contribution in [0.2, 0.25) is 0 Å². The minimum atomic E-state index is 0.103. The fourth-order valence-electron chi connectivity index (χ4n) is 0.939. The van der Waals surface area contributed by atoms with Crippen LogP contribution in [0.4, 0.5) is 0 Å². The quantitative estimate of drug-likeness (QED) is 0.600. The van der Waals surface area contributed by atoms with Gasteiger partial charge in [0.1, 0.15) is 0 Å². The third-order valence-corrected chi connectivity index (χ3v) is 2.42. The molecule has 3 nitrogen and oxygen atoms in total. The Morgan fingerprint density at radius 3 is 2.64 bits per heavy atom. The van der Waals surface area contributed by atoms with Gasteiger partial charge < -0.3 is 10.6 Å². The third-order valence-electron chi connectivity index (χ3n) is 1.81. The monoisotopic (exact) mass is 218 g/mol. The average molecular weight is 218 g/mol. The average Bonchev–Trinajstić information content (AvgIpc) is 2.12. The van der Waals surface area contributed by atoms with E-state index in [9.17, 15) is 4.79 Å². The first-order valence-electron chi connectivity index (χ1n) is 5.13. The first-order chi connectivity index (χ1) is 6.66. The maximum atomic E-state index is 11.2. The predicted molar refractivity (Wildman–Crippen MR) is 63.7 cm³/mol. The molecule has 0 fully saturated rings. The van der Waals surface area contributed by atoms with Crippen LogP contribution in [0.1, 0.15) is 20.3 Å². The van der Waals surface area contributed by atoms with Gasteiger partial charge in [0.2, 0.25) is 5.91 Å². The van der Waals surface area contributed by atoms with Crippen LogP contribution in [-0.2, 0) is 4.79 Å². The second kappa shape index (κ2) is 9.34. The molecule has 0 unspecified atom stereocenters. The van der Waals surface area contributed by atoms with Crippen LogP contribution in [0.5, 0.6) is 0 Å². The molecule has 0 aromatic rings. The summed E-state index contributed by atoms with van der Waals surface area (Å²) in [5.41, 5.74) is 0. The minimum absolute atomic E-state index is 0.103. The third kappa shape index (κ3) is 9.86. The van der Waals surface area contributed by atoms with Gasteiger partial charge in [-0.05, 0) is 18.6 Å². The number of carbonyl (C=O) groups is 1. The molecule has 0 heterocycles. The van der Waals surface area contributed by atoms with Gasteiger partial charge in [0.15, 0.2) is 0 Å². The Morgan fingerprint density at radius 2 is 2.07 bits per heavy atom. The lowest BCUT2D eigenvalue weighted by atomic mass is 10.1. The Kier molecular flexibility index (Phi) is 9.19. The second-order valence-corrected chi connectivity index (χ2v) is 4.69. The fourth-order valence-corrected chi connectivity index (χ4v) is 1.29. The van der Waals surface area contributed by atoms with Gasteiger partial charge in [0, 0.05) is 18.8 Å². The number of amides is 1. The van der Waals surface area contributed by atoms with Crippen molar-refractivity contribution in [3.63, 3.8) is 0 Å². The van der Waals surface area contributed by atoms with Crippen molar-refractivity contribution in [1.29, 1.82) is 0 Å². The lowest BCUT2D eigenvalue weighted by molar-refractivity contribution is -0.120. The highest BCUT2D eigenvalue weighted by atomic mass is 32.2. The summed E-state index contributed by atoms with van der Waals surface area (Å²) in [5, 5.41) is 5.97. The molecule has 0 aromatic carbocycles. The van der Waals surface area contributed by atoms with Gasteiger partial charge in [-0.15, -0.1) is 0 Å². The number of thioether (sulfide) groups is 1. The Labute approximate surface area is 91.4 Å². The highest BCUT2D eigenvalue weighted by Crippen LogP contribution is 1.95. The van der Waals surface area contributed by atoms with Crippen molar-refractivity contribution in [1.82, 2.24) is 10.6 Å². The molecule has 0 aromatic heterocycles. The van der Waals surface area contributed by atoms with Crippen molar-refractivity contribution < 1.29 is 4.79 Å². The van der Waals surface area contributed by atoms with Crippen molar-refractivity contribution in [3.05, 3.63) is 0 Å². The number of hydrogen-bond donors (Lipinski definition) is 2. The number of hydrogen-bond acceptors (Lipinski definition) is 3. The van der Waals surface area contributed by atoms with Crippen molar-refractivity contribution >= 4 is 17.7 Å². The normalized spacial score (nSPS) is 10.6. The van der Waals surface area contributed by atoms with Gasteiger partial charge in [-0.3, -0.25) is 4.79 Å². The summed E-state index contributed by atoms with van der Waals surface area (Å²) >= 11 is 1.78. The van der Waals surface area contributed by atoms with Crippen LogP contribution in [-0.4, -0.2) is 37.6 Å². The van der Waals surface area contributed by atoms with E-state index in [1.807, 2.05) is 0 Å². The molecular formula is C10H22N2OS. The minimum Gasteiger partial charge on any atom is -0.355 e. The van der Waals surface area contributed by atoms with Crippen LogP contribution in [0.25, 0.3) is 0 Å². The Hall–Kier alpha value is -0.220. The molecular weight excluding hydrogens is 196 g/mol. The molecule has 0 saturated carbocycles. The standard InChI is InChI=1S/C10H22N2OS/c1-9(2)4-5-12-10(13)8-11-6-7-14-3/h9,11H,4-8H2,1-3H3,(H,12,13). The second-order valence-electron chi connectivity index (χ2n) is 3.70. The SMILES string of the molecule is CSCCNCC(=O)NCCC(C)C. The van der Waals surface area contributed by atoms with E-state index in [0.717, 1.165) is 25.3 Å². The Morgan fingerprint density at radius 1 is 1.36 bits per heavy atom. The highest BCUT2D eigenvalue weighted by molar-refractivity contribution is 7.98. The van der Waals surface area contributed by atoms with Gasteiger partial charge in [-0.2, -0.15) is 11.8 Å². The molecule has 0 spiro atoms. The Bertz CT molecular complexity index is 151. The van der Waals surface area contributed by atoms with Gasteiger partial charge in [0.05, 0.1) is 6.54 Å². The van der Waals surface area contributed by atoms with Crippen LogP contribution in [0.15, 0.2) is 0 Å². The first kappa shape index (κ1) is 13.8. The van der Waals surface area contributed by atoms with Crippen LogP contribution in [0.3, 0.4) is 0 Å². The van der Waals surface area contributed by atoms with Gasteiger partial charge >= 0.3 is 0 Å². The summed E-state index contributed by atoms with van der Waals surface area (Å²) in [6.07, 6.45) is 3.11. The molecule has 0 aliphatic carbocycles. The summed E-state index contributed by atoms with van der Waals surface area (Å²) < 4.78 is 0. The largest absolute Gasteiger partial charge is 0.355 e. The molecule has 0 saturated heterocycles. The van der Waals surface area contributed by atoms with Crippen molar-refractivity contribution in [2.45, 2.75) is 20.3 Å². The van der Waals surface area contributed by atoms with Crippen LogP contribution in [0, 0.1) is 5.92 Å². The zero-order valence-corrected chi connectivity index (χ0v) is 10.2. The molecule has 4 heteroatoms. The topological polar surface area (TPSA) is 41.1 Å². The van der Waals surface area contributed by atoms with Crippen molar-refractivity contribution in [2.24, 2.45) is 5.92 Å². The van der Waals surface area contributed by atoms with Crippen LogP contribution >= 0.6 is 11.8 Å². The van der Waals surface area contributed by atoms with E-state index in [1.54, 1.807) is 11.8 Å². The van der Waals surface area contributed by atoms with E-state index in [2.05, 4.69) is 30.7 Å². The summed E-state index contributed by atoms with van der Waals surface area (Å²) in [6.45, 7) is 6.45. The molecule has 1 amide bonds. The molecule has 2 N–H and O–H groups in total. The summed E-state index contributed by atoms with van der Waals surface area (Å²) in [5.74, 6) is 1.81. The lowest BCUT2D eigenvalue weighted by Gasteiger charge is -2.07. The van der Waals surface area contributed by atoms with Crippen molar-refractivity contribution in [2.75, 3.05) is 31.6 Å². The van der Waals surface area contributed by atoms with E-state index in [-0.39, 0.29) is 5.91 Å². The molecule has 0 aliphatic heterocycles. The molecule has 14 heavy (non-hydrogen) atoms. The summed E-state index contributed by atoms with van der Waals surface area (Å²) in [7, 11) is 0. The molecule has 84 valence electrons. The van der Waals surface area contributed by atoms with E-state index in [1.165, 1.54) is 0 Å². The smallest absolute Gasteiger partial charge is 0.233 e. The summed E-state index contributed by atoms with van der Waals surface area (Å²) in [6, 6.07) is 0. The zero-order chi connectivity index (χ0) is 10.8. The number of rotatable bonds is 8. The number of carbonyl (C=O) groups excluding carboxylic acids is 1. The molecule has 0 bridgehead atoms. The van der Waals surface area contributed by atoms with Gasteiger partial charge in [-0.25, -0.2) is 0 Å². The first-order valence-corrected chi connectivity index (χ1v) is 6.52. The van der Waals surface area contributed by atoms with E-state index in [4.69, 9.17) is 0 Å². The van der Waals surface area contributed by atoms with Crippen molar-refractivity contribution in [3.8, 4) is 0 Å². The molecule has 0 radical (unpaired) electrons. The van der Waals surface area contributed by atoms with Gasteiger partial charge in [-0.1, -0.05) is 13.8 Å². The fraction of sp³-hybridized carbons (Fsp3) is 0.900. The van der Waals surface area contributed by atoms with Gasteiger partial charge in [0.25, 0.3) is 0 Å². The lowest BCUT2D eigenvalue weighted by Crippen LogP contribution is -2.35. The maximum Gasteiger partial charge on any atom is 0.233 e.